The van der Waals surface area contributed by atoms with E-state index >= 15 is 0 Å². The van der Waals surface area contributed by atoms with Crippen molar-refractivity contribution in [3.63, 3.8) is 0 Å². The predicted octanol–water partition coefficient (Wildman–Crippen LogP) is 2.02. The van der Waals surface area contributed by atoms with Gasteiger partial charge >= 0.3 is 0 Å². The van der Waals surface area contributed by atoms with Crippen LogP contribution in [0, 0.1) is 5.92 Å². The van der Waals surface area contributed by atoms with Gasteiger partial charge < -0.3 is 10.0 Å². The minimum absolute atomic E-state index is 0.254. The summed E-state index contributed by atoms with van der Waals surface area (Å²) in [5, 5.41) is 20.1. The maximum absolute atomic E-state index is 9.33. The van der Waals surface area contributed by atoms with Crippen molar-refractivity contribution in [1.29, 1.82) is 0 Å². The van der Waals surface area contributed by atoms with Crippen LogP contribution >= 0.6 is 11.3 Å². The molecule has 1 atom stereocenters. The van der Waals surface area contributed by atoms with Crippen LogP contribution in [0.5, 0.6) is 0 Å². The largest absolute Gasteiger partial charge is 0.396 e. The van der Waals surface area contributed by atoms with Gasteiger partial charge in [0.2, 0.25) is 5.13 Å². The van der Waals surface area contributed by atoms with Gasteiger partial charge in [0.1, 0.15) is 5.01 Å². The van der Waals surface area contributed by atoms with Gasteiger partial charge in [0.25, 0.3) is 0 Å². The first-order chi connectivity index (χ1) is 10.1. The first-order valence-corrected chi connectivity index (χ1v) is 8.88. The number of aliphatic hydroxyl groups is 1. The Balaban J connectivity index is 1.99. The molecule has 1 saturated heterocycles. The van der Waals surface area contributed by atoms with Gasteiger partial charge in [-0.15, -0.1) is 10.2 Å². The highest BCUT2D eigenvalue weighted by Crippen LogP contribution is 2.25. The molecule has 0 aromatic carbocycles. The van der Waals surface area contributed by atoms with Crippen LogP contribution in [0.2, 0.25) is 0 Å². The van der Waals surface area contributed by atoms with Crippen LogP contribution in [0.4, 0.5) is 5.13 Å². The smallest absolute Gasteiger partial charge is 0.208 e. The lowest BCUT2D eigenvalue weighted by atomic mass is 10.1. The molecule has 1 aromatic rings. The quantitative estimate of drug-likeness (QED) is 0.835. The maximum atomic E-state index is 9.33. The SMILES string of the molecule is CCCc1nnc(N2CCN(CC(C)C)[C@H](CCO)C2)s1. The lowest BCUT2D eigenvalue weighted by Gasteiger charge is -2.41. The molecule has 0 spiro atoms. The molecule has 0 saturated carbocycles. The second kappa shape index (κ2) is 8.06. The van der Waals surface area contributed by atoms with E-state index in [1.54, 1.807) is 11.3 Å². The zero-order valence-electron chi connectivity index (χ0n) is 13.5. The summed E-state index contributed by atoms with van der Waals surface area (Å²) < 4.78 is 0. The predicted molar refractivity (Wildman–Crippen MR) is 88.0 cm³/mol. The number of hydrogen-bond acceptors (Lipinski definition) is 6. The number of aromatic nitrogens is 2. The van der Waals surface area contributed by atoms with E-state index in [2.05, 4.69) is 40.8 Å². The molecule has 1 N–H and O–H groups in total. The summed E-state index contributed by atoms with van der Waals surface area (Å²) in [6, 6.07) is 0.421. The van der Waals surface area contributed by atoms with E-state index in [9.17, 15) is 5.11 Å². The van der Waals surface area contributed by atoms with E-state index in [0.29, 0.717) is 12.0 Å². The Kier molecular flexibility index (Phi) is 6.39. The van der Waals surface area contributed by atoms with E-state index < -0.39 is 0 Å². The Morgan fingerprint density at radius 2 is 2.14 bits per heavy atom. The zero-order valence-corrected chi connectivity index (χ0v) is 14.3. The Hall–Kier alpha value is -0.720. The van der Waals surface area contributed by atoms with Gasteiger partial charge in [0, 0.05) is 45.2 Å². The second-order valence-electron chi connectivity index (χ2n) is 6.23. The highest BCUT2D eigenvalue weighted by molar-refractivity contribution is 7.15. The number of aliphatic hydroxyl groups excluding tert-OH is 1. The Morgan fingerprint density at radius 3 is 2.81 bits per heavy atom. The van der Waals surface area contributed by atoms with Gasteiger partial charge in [0.05, 0.1) is 0 Å². The molecule has 2 heterocycles. The highest BCUT2D eigenvalue weighted by Gasteiger charge is 2.28. The standard InChI is InChI=1S/C15H28N4OS/c1-4-5-14-16-17-15(21-14)19-8-7-18(10-12(2)3)13(11-19)6-9-20/h12-13,20H,4-11H2,1-3H3/t13-/m1/s1. The van der Waals surface area contributed by atoms with Gasteiger partial charge in [-0.2, -0.15) is 0 Å². The van der Waals surface area contributed by atoms with Gasteiger partial charge in [-0.25, -0.2) is 0 Å². The van der Waals surface area contributed by atoms with Crippen LogP contribution in [0.25, 0.3) is 0 Å². The molecule has 0 amide bonds. The van der Waals surface area contributed by atoms with Gasteiger partial charge in [-0.05, 0) is 18.8 Å². The molecule has 1 aliphatic heterocycles. The fourth-order valence-corrected chi connectivity index (χ4v) is 3.86. The van der Waals surface area contributed by atoms with Crippen molar-refractivity contribution >= 4 is 16.5 Å². The first kappa shape index (κ1) is 16.6. The highest BCUT2D eigenvalue weighted by atomic mass is 32.1. The Morgan fingerprint density at radius 1 is 1.33 bits per heavy atom. The monoisotopic (exact) mass is 312 g/mol. The molecule has 120 valence electrons. The van der Waals surface area contributed by atoms with E-state index in [0.717, 1.165) is 55.6 Å². The van der Waals surface area contributed by atoms with Crippen molar-refractivity contribution in [2.24, 2.45) is 5.92 Å². The Bertz CT molecular complexity index is 424. The molecule has 21 heavy (non-hydrogen) atoms. The molecule has 0 aliphatic carbocycles. The third kappa shape index (κ3) is 4.63. The fourth-order valence-electron chi connectivity index (χ4n) is 2.89. The minimum atomic E-state index is 0.254. The topological polar surface area (TPSA) is 52.5 Å². The number of anilines is 1. The summed E-state index contributed by atoms with van der Waals surface area (Å²) >= 11 is 1.72. The van der Waals surface area contributed by atoms with Gasteiger partial charge in [0.15, 0.2) is 0 Å². The average Bonchev–Trinajstić information content (AvgIpc) is 2.89. The summed E-state index contributed by atoms with van der Waals surface area (Å²) in [7, 11) is 0. The molecule has 0 radical (unpaired) electrons. The van der Waals surface area contributed by atoms with Crippen molar-refractivity contribution in [2.75, 3.05) is 37.7 Å². The molecular formula is C15H28N4OS. The third-order valence-electron chi connectivity index (χ3n) is 3.86. The van der Waals surface area contributed by atoms with E-state index in [1.165, 1.54) is 0 Å². The molecular weight excluding hydrogens is 284 g/mol. The van der Waals surface area contributed by atoms with Crippen molar-refractivity contribution < 1.29 is 5.11 Å². The summed E-state index contributed by atoms with van der Waals surface area (Å²) in [4.78, 5) is 4.86. The minimum Gasteiger partial charge on any atom is -0.396 e. The normalized spacial score (nSPS) is 20.4. The molecule has 1 aromatic heterocycles. The molecule has 1 fully saturated rings. The molecule has 1 aliphatic rings. The number of piperazine rings is 1. The van der Waals surface area contributed by atoms with E-state index in [1.807, 2.05) is 0 Å². The van der Waals surface area contributed by atoms with Crippen LogP contribution in [0.15, 0.2) is 0 Å². The molecule has 2 rings (SSSR count). The van der Waals surface area contributed by atoms with Crippen LogP contribution in [0.1, 0.15) is 38.6 Å². The summed E-state index contributed by atoms with van der Waals surface area (Å²) in [6.07, 6.45) is 2.97. The van der Waals surface area contributed by atoms with Crippen LogP contribution in [-0.2, 0) is 6.42 Å². The van der Waals surface area contributed by atoms with Gasteiger partial charge in [-0.3, -0.25) is 4.90 Å². The lowest BCUT2D eigenvalue weighted by Crippen LogP contribution is -2.54. The molecule has 5 nitrogen and oxygen atoms in total. The summed E-state index contributed by atoms with van der Waals surface area (Å²) in [5.74, 6) is 0.662. The van der Waals surface area contributed by atoms with Gasteiger partial charge in [-0.1, -0.05) is 32.1 Å². The number of hydrogen-bond donors (Lipinski definition) is 1. The van der Waals surface area contributed by atoms with Crippen LogP contribution in [0.3, 0.4) is 0 Å². The van der Waals surface area contributed by atoms with Crippen molar-refractivity contribution in [1.82, 2.24) is 15.1 Å². The molecule has 0 unspecified atom stereocenters. The summed E-state index contributed by atoms with van der Waals surface area (Å²) in [5.41, 5.74) is 0. The Labute approximate surface area is 132 Å². The maximum Gasteiger partial charge on any atom is 0.208 e. The van der Waals surface area contributed by atoms with E-state index in [4.69, 9.17) is 0 Å². The van der Waals surface area contributed by atoms with E-state index in [-0.39, 0.29) is 6.61 Å². The lowest BCUT2D eigenvalue weighted by molar-refractivity contribution is 0.129. The third-order valence-corrected chi connectivity index (χ3v) is 4.90. The summed E-state index contributed by atoms with van der Waals surface area (Å²) in [6.45, 7) is 11.0. The molecule has 6 heteroatoms. The molecule has 0 bridgehead atoms. The zero-order chi connectivity index (χ0) is 15.2. The van der Waals surface area contributed by atoms with Crippen molar-refractivity contribution in [2.45, 2.75) is 46.1 Å². The second-order valence-corrected chi connectivity index (χ2v) is 7.27. The van der Waals surface area contributed by atoms with Crippen molar-refractivity contribution in [3.8, 4) is 0 Å². The average molecular weight is 312 g/mol. The fraction of sp³-hybridized carbons (Fsp3) is 0.867. The van der Waals surface area contributed by atoms with Crippen LogP contribution in [-0.4, -0.2) is 59.0 Å². The number of nitrogens with zero attached hydrogens (tertiary/aromatic N) is 4. The van der Waals surface area contributed by atoms with Crippen molar-refractivity contribution in [3.05, 3.63) is 5.01 Å². The number of aryl methyl sites for hydroxylation is 1. The first-order valence-electron chi connectivity index (χ1n) is 8.06. The number of rotatable bonds is 7. The van der Waals surface area contributed by atoms with Crippen LogP contribution < -0.4 is 4.90 Å².